The zero-order valence-electron chi connectivity index (χ0n) is 23.4. The molecule has 0 unspecified atom stereocenters. The third-order valence-corrected chi connectivity index (χ3v) is 8.22. The number of nitrogens with zero attached hydrogens (tertiary/aromatic N) is 1. The van der Waals surface area contributed by atoms with Crippen LogP contribution in [0.25, 0.3) is 22.6 Å². The van der Waals surface area contributed by atoms with Crippen LogP contribution < -0.4 is 20.1 Å². The van der Waals surface area contributed by atoms with E-state index in [1.54, 1.807) is 0 Å². The highest BCUT2D eigenvalue weighted by Gasteiger charge is 2.19. The number of hydrogen-bond donors (Lipinski definition) is 3. The lowest BCUT2D eigenvalue weighted by atomic mass is 9.87. The summed E-state index contributed by atoms with van der Waals surface area (Å²) in [5, 5.41) is 16.9. The monoisotopic (exact) mass is 535 g/mol. The molecule has 0 radical (unpaired) electrons. The first kappa shape index (κ1) is 27.9. The lowest BCUT2D eigenvalue weighted by Crippen LogP contribution is -2.35. The Morgan fingerprint density at radius 2 is 1.38 bits per heavy atom. The second kappa shape index (κ2) is 14.1. The van der Waals surface area contributed by atoms with Crippen molar-refractivity contribution in [3.05, 3.63) is 42.5 Å². The van der Waals surface area contributed by atoms with E-state index >= 15 is 0 Å². The number of ether oxygens (including phenoxy) is 2. The molecule has 3 N–H and O–H groups in total. The van der Waals surface area contributed by atoms with Crippen LogP contribution in [0.3, 0.4) is 0 Å². The lowest BCUT2D eigenvalue weighted by molar-refractivity contribution is 0.116. The first-order valence-electron chi connectivity index (χ1n) is 15.0. The van der Waals surface area contributed by atoms with E-state index in [4.69, 9.17) is 13.9 Å². The highest BCUT2D eigenvalue weighted by Crippen LogP contribution is 2.28. The molecule has 2 fully saturated rings. The van der Waals surface area contributed by atoms with Crippen molar-refractivity contribution in [1.29, 1.82) is 0 Å². The quantitative estimate of drug-likeness (QED) is 0.228. The summed E-state index contributed by atoms with van der Waals surface area (Å²) in [6.45, 7) is 5.65. The molecule has 7 nitrogen and oxygen atoms in total. The fourth-order valence-electron chi connectivity index (χ4n) is 5.69. The topological polar surface area (TPSA) is 88.8 Å². The number of benzene rings is 2. The molecule has 0 aliphatic heterocycles. The number of nitrogens with one attached hydrogen (secondary N) is 2. The van der Waals surface area contributed by atoms with Crippen molar-refractivity contribution in [2.75, 3.05) is 26.3 Å². The number of hydrogen-bond acceptors (Lipinski definition) is 7. The first-order chi connectivity index (χ1) is 19.1. The Labute approximate surface area is 232 Å². The minimum atomic E-state index is -0.104. The zero-order valence-corrected chi connectivity index (χ0v) is 23.4. The van der Waals surface area contributed by atoms with Crippen molar-refractivity contribution in [2.24, 2.45) is 5.92 Å². The summed E-state index contributed by atoms with van der Waals surface area (Å²) in [5.74, 6) is 3.15. The van der Waals surface area contributed by atoms with Crippen molar-refractivity contribution in [1.82, 2.24) is 15.6 Å². The van der Waals surface area contributed by atoms with Gasteiger partial charge in [0.2, 0.25) is 5.89 Å². The molecule has 2 aromatic carbocycles. The van der Waals surface area contributed by atoms with E-state index in [1.807, 2.05) is 42.5 Å². The average Bonchev–Trinajstić information content (AvgIpc) is 3.39. The van der Waals surface area contributed by atoms with Gasteiger partial charge in [0.25, 0.3) is 0 Å². The van der Waals surface area contributed by atoms with Crippen molar-refractivity contribution in [2.45, 2.75) is 89.3 Å². The predicted octanol–water partition coefficient (Wildman–Crippen LogP) is 6.09. The van der Waals surface area contributed by atoms with Gasteiger partial charge in [0, 0.05) is 23.7 Å². The molecule has 2 aliphatic carbocycles. The Morgan fingerprint density at radius 1 is 0.795 bits per heavy atom. The largest absolute Gasteiger partial charge is 0.494 e. The molecule has 5 rings (SSSR count). The second-order valence-corrected chi connectivity index (χ2v) is 11.4. The number of aromatic nitrogens is 1. The molecule has 212 valence electrons. The molecule has 7 heteroatoms. The molecular formula is C32H45N3O4. The van der Waals surface area contributed by atoms with Crippen molar-refractivity contribution >= 4 is 11.1 Å². The van der Waals surface area contributed by atoms with Crippen molar-refractivity contribution < 1.29 is 19.0 Å². The molecule has 0 bridgehead atoms. The van der Waals surface area contributed by atoms with E-state index in [1.165, 1.54) is 25.7 Å². The summed E-state index contributed by atoms with van der Waals surface area (Å²) < 4.78 is 18.0. The third kappa shape index (κ3) is 8.44. The maximum Gasteiger partial charge on any atom is 0.227 e. The van der Waals surface area contributed by atoms with Crippen LogP contribution in [-0.4, -0.2) is 54.6 Å². The van der Waals surface area contributed by atoms with Gasteiger partial charge in [-0.05, 0) is 120 Å². The molecule has 0 atom stereocenters. The Balaban J connectivity index is 1.02. The molecule has 39 heavy (non-hydrogen) atoms. The minimum Gasteiger partial charge on any atom is -0.494 e. The summed E-state index contributed by atoms with van der Waals surface area (Å²) in [5.41, 5.74) is 2.48. The summed E-state index contributed by atoms with van der Waals surface area (Å²) in [6.07, 6.45) is 11.1. The Morgan fingerprint density at radius 3 is 2.05 bits per heavy atom. The van der Waals surface area contributed by atoms with Crippen LogP contribution in [0, 0.1) is 5.92 Å². The lowest BCUT2D eigenvalue weighted by Gasteiger charge is -2.27. The number of oxazole rings is 1. The maximum absolute atomic E-state index is 9.62. The van der Waals surface area contributed by atoms with Gasteiger partial charge in [-0.3, -0.25) is 0 Å². The van der Waals surface area contributed by atoms with Gasteiger partial charge in [-0.15, -0.1) is 0 Å². The van der Waals surface area contributed by atoms with Crippen LogP contribution >= 0.6 is 0 Å². The number of rotatable bonds is 13. The average molecular weight is 536 g/mol. The molecule has 3 aromatic rings. The highest BCUT2D eigenvalue weighted by molar-refractivity contribution is 5.77. The fourth-order valence-corrected chi connectivity index (χ4v) is 5.69. The maximum atomic E-state index is 9.62. The van der Waals surface area contributed by atoms with Gasteiger partial charge in [-0.25, -0.2) is 4.98 Å². The number of aliphatic hydroxyl groups is 1. The van der Waals surface area contributed by atoms with Gasteiger partial charge in [0.1, 0.15) is 17.0 Å². The SMILES string of the molecule is CC1CCC(NCCCOc2ccc3nc(-c4ccc(OCCCNC5CCC(O)CC5)cc4)oc3c2)CC1. The summed E-state index contributed by atoms with van der Waals surface area (Å²) in [4.78, 5) is 4.66. The third-order valence-electron chi connectivity index (χ3n) is 8.22. The van der Waals surface area contributed by atoms with Gasteiger partial charge in [-0.2, -0.15) is 0 Å². The normalized spacial score (nSPS) is 23.6. The summed E-state index contributed by atoms with van der Waals surface area (Å²) in [6, 6.07) is 15.0. The van der Waals surface area contributed by atoms with Gasteiger partial charge in [0.05, 0.1) is 19.3 Å². The Hall–Kier alpha value is -2.61. The van der Waals surface area contributed by atoms with Crippen LogP contribution in [0.2, 0.25) is 0 Å². The van der Waals surface area contributed by atoms with Crippen LogP contribution in [0.5, 0.6) is 11.5 Å². The molecule has 2 saturated carbocycles. The van der Waals surface area contributed by atoms with E-state index in [0.717, 1.165) is 85.7 Å². The standard InChI is InChI=1S/C32H45N3O4/c1-23-4-8-25(9-5-23)33-19-3-21-38-29-16-17-30-31(22-29)39-32(35-30)24-6-14-28(15-7-24)37-20-2-18-34-26-10-12-27(36)13-11-26/h6-7,14-17,22-23,25-27,33-34,36H,2-5,8-13,18-21H2,1H3. The van der Waals surface area contributed by atoms with Gasteiger partial charge in [-0.1, -0.05) is 6.92 Å². The van der Waals surface area contributed by atoms with E-state index in [-0.39, 0.29) is 6.10 Å². The van der Waals surface area contributed by atoms with Crippen molar-refractivity contribution in [3.63, 3.8) is 0 Å². The van der Waals surface area contributed by atoms with Crippen molar-refractivity contribution in [3.8, 4) is 23.0 Å². The molecule has 0 spiro atoms. The Kier molecular flexibility index (Phi) is 10.1. The molecule has 1 heterocycles. The number of fused-ring (bicyclic) bond motifs is 1. The molecule has 2 aliphatic rings. The van der Waals surface area contributed by atoms with Crippen LogP contribution in [0.1, 0.15) is 71.1 Å². The predicted molar refractivity (Wildman–Crippen MR) is 155 cm³/mol. The molecule has 0 saturated heterocycles. The minimum absolute atomic E-state index is 0.104. The van der Waals surface area contributed by atoms with Crippen LogP contribution in [0.4, 0.5) is 0 Å². The van der Waals surface area contributed by atoms with E-state index < -0.39 is 0 Å². The highest BCUT2D eigenvalue weighted by atomic mass is 16.5. The van der Waals surface area contributed by atoms with Crippen LogP contribution in [-0.2, 0) is 0 Å². The van der Waals surface area contributed by atoms with E-state index in [2.05, 4.69) is 22.5 Å². The summed E-state index contributed by atoms with van der Waals surface area (Å²) in [7, 11) is 0. The van der Waals surface area contributed by atoms with E-state index in [0.29, 0.717) is 31.2 Å². The van der Waals surface area contributed by atoms with E-state index in [9.17, 15) is 5.11 Å². The van der Waals surface area contributed by atoms with Crippen LogP contribution in [0.15, 0.2) is 46.9 Å². The smallest absolute Gasteiger partial charge is 0.227 e. The zero-order chi connectivity index (χ0) is 26.9. The van der Waals surface area contributed by atoms with Gasteiger partial charge < -0.3 is 29.6 Å². The molecule has 0 amide bonds. The first-order valence-corrected chi connectivity index (χ1v) is 15.0. The molecular weight excluding hydrogens is 490 g/mol. The molecule has 1 aromatic heterocycles. The fraction of sp³-hybridized carbons (Fsp3) is 0.594. The second-order valence-electron chi connectivity index (χ2n) is 11.4. The number of aliphatic hydroxyl groups excluding tert-OH is 1. The van der Waals surface area contributed by atoms with Gasteiger partial charge in [0.15, 0.2) is 5.58 Å². The Bertz CT molecular complexity index is 1130. The summed E-state index contributed by atoms with van der Waals surface area (Å²) >= 11 is 0. The van der Waals surface area contributed by atoms with Gasteiger partial charge >= 0.3 is 0 Å².